The second-order valence-corrected chi connectivity index (χ2v) is 17.3. The van der Waals surface area contributed by atoms with Gasteiger partial charge in [-0.05, 0) is 97.5 Å². The highest BCUT2D eigenvalue weighted by molar-refractivity contribution is 9.10. The van der Waals surface area contributed by atoms with E-state index in [9.17, 15) is 9.59 Å². The molecule has 3 saturated heterocycles. The number of carbonyl (C=O) groups is 2. The number of nitrogens with zero attached hydrogens (tertiary/aromatic N) is 6. The Balaban J connectivity index is 0.000000268. The van der Waals surface area contributed by atoms with Crippen LogP contribution in [0, 0.1) is 17.8 Å². The van der Waals surface area contributed by atoms with Gasteiger partial charge in [-0.25, -0.2) is 0 Å². The second kappa shape index (κ2) is 24.3. The summed E-state index contributed by atoms with van der Waals surface area (Å²) < 4.78 is 7.15. The quantitative estimate of drug-likeness (QED) is 0.144. The van der Waals surface area contributed by atoms with Crippen LogP contribution in [-0.2, 0) is 4.74 Å². The molecule has 12 heteroatoms. The topological polar surface area (TPSA) is 82.1 Å². The Hall–Kier alpha value is -3.87. The molecule has 0 spiro atoms. The van der Waals surface area contributed by atoms with Crippen LogP contribution >= 0.6 is 31.9 Å². The average Bonchev–Trinajstić information content (AvgIpc) is 3.82. The molecular weight excluding hydrogens is 863 g/mol. The zero-order chi connectivity index (χ0) is 40.0. The molecule has 5 heterocycles. The molecule has 3 aliphatic rings. The minimum Gasteiger partial charge on any atom is -0.381 e. The van der Waals surface area contributed by atoms with Gasteiger partial charge in [-0.3, -0.25) is 24.3 Å². The molecule has 1 atom stereocenters. The lowest BCUT2D eigenvalue weighted by atomic mass is 9.92. The number of halogens is 3. The number of ether oxygens (including phenoxy) is 1. The molecule has 2 aromatic heterocycles. The Morgan fingerprint density at radius 2 is 0.948 bits per heavy atom. The first-order chi connectivity index (χ1) is 27.0. The van der Waals surface area contributed by atoms with Crippen molar-refractivity contribution < 1.29 is 19.0 Å². The van der Waals surface area contributed by atoms with E-state index in [-0.39, 0.29) is 29.6 Å². The number of hydrogen-bond acceptors (Lipinski definition) is 9. The van der Waals surface area contributed by atoms with Crippen molar-refractivity contribution in [1.82, 2.24) is 9.97 Å². The van der Waals surface area contributed by atoms with Crippen LogP contribution in [0.15, 0.2) is 94.1 Å². The van der Waals surface area contributed by atoms with Crippen molar-refractivity contribution in [2.24, 2.45) is 17.8 Å². The molecule has 1 unspecified atom stereocenters. The molecule has 0 amide bonds. The van der Waals surface area contributed by atoms with E-state index < -0.39 is 0 Å². The number of anilines is 4. The molecule has 3 aliphatic heterocycles. The summed E-state index contributed by atoms with van der Waals surface area (Å²) in [4.78, 5) is 42.8. The Morgan fingerprint density at radius 3 is 1.26 bits per heavy atom. The summed E-state index contributed by atoms with van der Waals surface area (Å²) in [5.41, 5.74) is 5.85. The fourth-order valence-electron chi connectivity index (χ4n) is 6.73. The first-order valence-corrected chi connectivity index (χ1v) is 21.6. The predicted octanol–water partition coefficient (Wildman–Crippen LogP) is 10.6. The number of pyridine rings is 2. The number of ketones is 2. The third-order valence-corrected chi connectivity index (χ3v) is 11.6. The molecule has 3 fully saturated rings. The van der Waals surface area contributed by atoms with Gasteiger partial charge >= 0.3 is 0 Å². The number of hydrogen-bond donors (Lipinski definition) is 0. The van der Waals surface area contributed by atoms with Crippen LogP contribution in [-0.4, -0.2) is 87.1 Å². The van der Waals surface area contributed by atoms with Crippen LogP contribution in [0.4, 0.5) is 27.5 Å². The van der Waals surface area contributed by atoms with Gasteiger partial charge in [-0.1, -0.05) is 73.9 Å². The normalized spacial score (nSPS) is 15.7. The number of Topliss-reactive ketones (excluding diaryl/α,β-unsaturated/α-hetero) is 2. The molecule has 2 aromatic carbocycles. The molecule has 0 N–H and O–H groups in total. The molecule has 0 saturated carbocycles. The first-order valence-electron chi connectivity index (χ1n) is 20.1. The van der Waals surface area contributed by atoms with E-state index in [1.54, 1.807) is 0 Å². The maximum atomic E-state index is 12.4. The van der Waals surface area contributed by atoms with Gasteiger partial charge in [0.25, 0.3) is 0 Å². The summed E-state index contributed by atoms with van der Waals surface area (Å²) in [6.07, 6.45) is 6.79. The molecule has 9 nitrogen and oxygen atoms in total. The molecule has 0 radical (unpaired) electrons. The molecule has 0 bridgehead atoms. The third kappa shape index (κ3) is 14.4. The predicted molar refractivity (Wildman–Crippen MR) is 247 cm³/mol. The third-order valence-electron chi connectivity index (χ3n) is 10.5. The molecule has 316 valence electrons. The fourth-order valence-corrected chi connectivity index (χ4v) is 7.26. The monoisotopic (exact) mass is 924 g/mol. The van der Waals surface area contributed by atoms with Gasteiger partial charge in [0, 0.05) is 98.2 Å². The Bertz CT molecular complexity index is 1780. The van der Waals surface area contributed by atoms with Crippen molar-refractivity contribution in [2.75, 3.05) is 85.2 Å². The van der Waals surface area contributed by atoms with Crippen molar-refractivity contribution in [3.63, 3.8) is 0 Å². The highest BCUT2D eigenvalue weighted by Gasteiger charge is 2.22. The van der Waals surface area contributed by atoms with Crippen molar-refractivity contribution in [1.29, 1.82) is 0 Å². The minimum absolute atomic E-state index is 0. The largest absolute Gasteiger partial charge is 0.381 e. The molecule has 4 aromatic rings. The maximum Gasteiger partial charge on any atom is 0.184 e. The van der Waals surface area contributed by atoms with E-state index in [0.29, 0.717) is 29.6 Å². The average molecular weight is 927 g/mol. The van der Waals surface area contributed by atoms with E-state index in [4.69, 9.17) is 4.74 Å². The van der Waals surface area contributed by atoms with Gasteiger partial charge in [-0.2, -0.15) is 0 Å². The number of carbonyl (C=O) groups excluding carboxylic acids is 2. The van der Waals surface area contributed by atoms with Crippen LogP contribution in [0.2, 0.25) is 0 Å². The van der Waals surface area contributed by atoms with E-state index in [2.05, 4.69) is 138 Å². The first kappa shape index (κ1) is 48.5. The molecule has 0 aliphatic carbocycles. The van der Waals surface area contributed by atoms with Crippen molar-refractivity contribution in [3.8, 4) is 0 Å². The summed E-state index contributed by atoms with van der Waals surface area (Å²) in [5.74, 6) is 0.951. The van der Waals surface area contributed by atoms with Crippen molar-refractivity contribution in [2.45, 2.75) is 61.3 Å². The summed E-state index contributed by atoms with van der Waals surface area (Å²) in [7, 11) is 0. The van der Waals surface area contributed by atoms with E-state index in [1.807, 2.05) is 43.6 Å². The fraction of sp³-hybridized carbons (Fsp3) is 0.478. The number of benzene rings is 2. The van der Waals surface area contributed by atoms with Gasteiger partial charge in [0.05, 0.1) is 23.8 Å². The lowest BCUT2D eigenvalue weighted by Crippen LogP contribution is -2.46. The molecular formula is C46H63Br2FN6O3. The van der Waals surface area contributed by atoms with Gasteiger partial charge < -0.3 is 24.3 Å². The maximum absolute atomic E-state index is 12.4. The lowest BCUT2D eigenvalue weighted by Gasteiger charge is -2.37. The SMILES string of the molecule is C.C1CCOC1.CC(C)C(C)C(=O)c1ccc(N2CCN(c3ccc(Br)cc3)CC2)cn1.CC(C)CC(=O)c1ccc(N2CCN(c3ccc(Br)cc3)CC2)cn1.F. The summed E-state index contributed by atoms with van der Waals surface area (Å²) in [6, 6.07) is 24.7. The van der Waals surface area contributed by atoms with Gasteiger partial charge in [0.15, 0.2) is 11.6 Å². The van der Waals surface area contributed by atoms with Crippen LogP contribution in [0.5, 0.6) is 0 Å². The number of piperazine rings is 2. The standard InChI is InChI=1S/C21H26BrN3O.C20H24BrN3O.C4H8O.CH4.FH/c1-15(2)16(3)21(26)20-9-8-19(14-23-20)25-12-10-24(11-13-25)18-6-4-17(22)5-7-18;1-15(2)13-20(25)19-8-7-18(14-22-19)24-11-9-23(10-12-24)17-5-3-16(21)4-6-17;1-2-4-5-3-1;;/h4-9,14-16H,10-13H2,1-3H3;3-8,14-15H,9-13H2,1-2H3;1-4H2;1H4;1H. The molecule has 7 rings (SSSR count). The van der Waals surface area contributed by atoms with E-state index >= 15 is 0 Å². The van der Waals surface area contributed by atoms with Crippen molar-refractivity contribution in [3.05, 3.63) is 106 Å². The summed E-state index contributed by atoms with van der Waals surface area (Å²) >= 11 is 6.97. The Kier molecular flexibility index (Phi) is 20.3. The molecule has 58 heavy (non-hydrogen) atoms. The van der Waals surface area contributed by atoms with Gasteiger partial charge in [0.2, 0.25) is 0 Å². The highest BCUT2D eigenvalue weighted by Crippen LogP contribution is 2.25. The van der Waals surface area contributed by atoms with E-state index in [0.717, 1.165) is 85.9 Å². The van der Waals surface area contributed by atoms with Crippen LogP contribution in [0.3, 0.4) is 0 Å². The summed E-state index contributed by atoms with van der Waals surface area (Å²) in [6.45, 7) is 20.0. The highest BCUT2D eigenvalue weighted by atomic mass is 79.9. The summed E-state index contributed by atoms with van der Waals surface area (Å²) in [5, 5.41) is 0. The smallest absolute Gasteiger partial charge is 0.184 e. The lowest BCUT2D eigenvalue weighted by molar-refractivity contribution is 0.0893. The zero-order valence-corrected chi connectivity index (χ0v) is 37.3. The van der Waals surface area contributed by atoms with Crippen LogP contribution in [0.1, 0.15) is 82.3 Å². The van der Waals surface area contributed by atoms with Crippen LogP contribution < -0.4 is 19.6 Å². The van der Waals surface area contributed by atoms with Crippen molar-refractivity contribution >= 4 is 66.2 Å². The van der Waals surface area contributed by atoms with Gasteiger partial charge in [-0.15, -0.1) is 0 Å². The van der Waals surface area contributed by atoms with Gasteiger partial charge in [0.1, 0.15) is 11.4 Å². The van der Waals surface area contributed by atoms with Crippen LogP contribution in [0.25, 0.3) is 0 Å². The Morgan fingerprint density at radius 1 is 0.586 bits per heavy atom. The number of rotatable bonds is 10. The Labute approximate surface area is 363 Å². The minimum atomic E-state index is 0. The second-order valence-electron chi connectivity index (χ2n) is 15.4. The van der Waals surface area contributed by atoms with E-state index in [1.165, 1.54) is 24.2 Å². The zero-order valence-electron chi connectivity index (χ0n) is 34.1. The number of aromatic nitrogens is 2.